The largest absolute Gasteiger partial charge is 0.376 e. The van der Waals surface area contributed by atoms with Gasteiger partial charge in [-0.1, -0.05) is 30.7 Å². The molecule has 0 saturated carbocycles. The Kier molecular flexibility index (Phi) is 5.37. The van der Waals surface area contributed by atoms with Crippen molar-refractivity contribution >= 4 is 17.3 Å². The van der Waals surface area contributed by atoms with E-state index in [-0.39, 0.29) is 17.0 Å². The molecule has 3 N–H and O–H groups in total. The smallest absolute Gasteiger partial charge is 0.164 e. The van der Waals surface area contributed by atoms with E-state index in [4.69, 9.17) is 18.0 Å². The highest BCUT2D eigenvalue weighted by atomic mass is 32.1. The van der Waals surface area contributed by atoms with Gasteiger partial charge >= 0.3 is 0 Å². The number of halogens is 1. The Morgan fingerprint density at radius 2 is 1.87 bits per heavy atom. The summed E-state index contributed by atoms with van der Waals surface area (Å²) in [5.41, 5.74) is 12.0. The standard InChI is InChI=1S/C19H23FN2S/c1-5-17(22-19(21)23)18-13(4)8-11(2)9-15(18)14-6-7-16(20)12(3)10-14/h6-10,17H,5H2,1-4H3,(H3,21,22,23)/t17-/m0/s1. The molecule has 0 unspecified atom stereocenters. The van der Waals surface area contributed by atoms with Crippen LogP contribution in [0.2, 0.25) is 0 Å². The minimum atomic E-state index is -0.187. The molecule has 0 heterocycles. The third kappa shape index (κ3) is 3.88. The zero-order valence-electron chi connectivity index (χ0n) is 14.0. The predicted molar refractivity (Wildman–Crippen MR) is 99.0 cm³/mol. The Morgan fingerprint density at radius 1 is 1.17 bits per heavy atom. The molecule has 0 radical (unpaired) electrons. The number of rotatable bonds is 4. The van der Waals surface area contributed by atoms with Gasteiger partial charge < -0.3 is 11.1 Å². The molecule has 0 amide bonds. The summed E-state index contributed by atoms with van der Waals surface area (Å²) in [5.74, 6) is -0.187. The number of thiocarbonyl (C=S) groups is 1. The summed E-state index contributed by atoms with van der Waals surface area (Å²) in [4.78, 5) is 0. The highest BCUT2D eigenvalue weighted by Gasteiger charge is 2.18. The van der Waals surface area contributed by atoms with Crippen molar-refractivity contribution in [1.29, 1.82) is 0 Å². The lowest BCUT2D eigenvalue weighted by Crippen LogP contribution is -2.33. The molecule has 0 aliphatic carbocycles. The predicted octanol–water partition coefficient (Wildman–Crippen LogP) is 4.70. The van der Waals surface area contributed by atoms with E-state index in [2.05, 4.69) is 38.2 Å². The van der Waals surface area contributed by atoms with Gasteiger partial charge in [-0.25, -0.2) is 4.39 Å². The van der Waals surface area contributed by atoms with Gasteiger partial charge in [0.05, 0.1) is 6.04 Å². The minimum Gasteiger partial charge on any atom is -0.376 e. The number of nitrogens with two attached hydrogens (primary N) is 1. The van der Waals surface area contributed by atoms with E-state index in [1.165, 1.54) is 17.2 Å². The average Bonchev–Trinajstić information content (AvgIpc) is 2.47. The zero-order valence-corrected chi connectivity index (χ0v) is 14.9. The first kappa shape index (κ1) is 17.4. The Bertz CT molecular complexity index is 740. The average molecular weight is 330 g/mol. The summed E-state index contributed by atoms with van der Waals surface area (Å²) in [7, 11) is 0. The number of benzene rings is 2. The fourth-order valence-electron chi connectivity index (χ4n) is 3.04. The second-order valence-electron chi connectivity index (χ2n) is 5.98. The van der Waals surface area contributed by atoms with Crippen molar-refractivity contribution in [3.8, 4) is 11.1 Å². The highest BCUT2D eigenvalue weighted by molar-refractivity contribution is 7.80. The molecule has 0 fully saturated rings. The van der Waals surface area contributed by atoms with Crippen molar-refractivity contribution < 1.29 is 4.39 Å². The summed E-state index contributed by atoms with van der Waals surface area (Å²) in [6, 6.07) is 9.56. The summed E-state index contributed by atoms with van der Waals surface area (Å²) in [6.07, 6.45) is 0.856. The quantitative estimate of drug-likeness (QED) is 0.798. The van der Waals surface area contributed by atoms with E-state index >= 15 is 0 Å². The first-order chi connectivity index (χ1) is 10.8. The molecule has 2 rings (SSSR count). The van der Waals surface area contributed by atoms with E-state index in [0.717, 1.165) is 23.1 Å². The van der Waals surface area contributed by atoms with Crippen LogP contribution in [-0.4, -0.2) is 5.11 Å². The molecular weight excluding hydrogens is 307 g/mol. The van der Waals surface area contributed by atoms with Gasteiger partial charge in [0.25, 0.3) is 0 Å². The van der Waals surface area contributed by atoms with Crippen LogP contribution < -0.4 is 11.1 Å². The molecule has 0 saturated heterocycles. The van der Waals surface area contributed by atoms with Crippen LogP contribution >= 0.6 is 12.2 Å². The van der Waals surface area contributed by atoms with E-state index in [1.807, 2.05) is 12.1 Å². The van der Waals surface area contributed by atoms with Crippen LogP contribution in [0, 0.1) is 26.6 Å². The summed E-state index contributed by atoms with van der Waals surface area (Å²) in [6.45, 7) is 8.03. The Balaban J connectivity index is 2.66. The molecule has 4 heteroatoms. The maximum Gasteiger partial charge on any atom is 0.164 e. The molecule has 0 aliphatic rings. The maximum absolute atomic E-state index is 13.6. The van der Waals surface area contributed by atoms with Gasteiger partial charge in [0.15, 0.2) is 5.11 Å². The fourth-order valence-corrected chi connectivity index (χ4v) is 3.18. The van der Waals surface area contributed by atoms with Crippen LogP contribution in [0.4, 0.5) is 4.39 Å². The van der Waals surface area contributed by atoms with E-state index in [9.17, 15) is 4.39 Å². The van der Waals surface area contributed by atoms with Gasteiger partial charge in [0.1, 0.15) is 5.82 Å². The molecule has 2 nitrogen and oxygen atoms in total. The van der Waals surface area contributed by atoms with Gasteiger partial charge in [-0.15, -0.1) is 0 Å². The maximum atomic E-state index is 13.6. The van der Waals surface area contributed by atoms with Crippen molar-refractivity contribution in [2.24, 2.45) is 5.73 Å². The minimum absolute atomic E-state index is 0.0356. The summed E-state index contributed by atoms with van der Waals surface area (Å²) >= 11 is 5.02. The van der Waals surface area contributed by atoms with Gasteiger partial charge in [-0.3, -0.25) is 0 Å². The van der Waals surface area contributed by atoms with Crippen LogP contribution in [0.5, 0.6) is 0 Å². The van der Waals surface area contributed by atoms with Crippen LogP contribution in [-0.2, 0) is 0 Å². The molecule has 122 valence electrons. The molecule has 1 atom stereocenters. The number of hydrogen-bond acceptors (Lipinski definition) is 1. The second kappa shape index (κ2) is 7.09. The van der Waals surface area contributed by atoms with Crippen molar-refractivity contribution in [1.82, 2.24) is 5.32 Å². The first-order valence-corrected chi connectivity index (χ1v) is 8.18. The van der Waals surface area contributed by atoms with Crippen LogP contribution in [0.1, 0.15) is 41.6 Å². The lowest BCUT2D eigenvalue weighted by atomic mass is 9.88. The summed E-state index contributed by atoms with van der Waals surface area (Å²) < 4.78 is 13.6. The SMILES string of the molecule is CC[C@H](NC(N)=S)c1c(C)cc(C)cc1-c1ccc(F)c(C)c1. The Labute approximate surface area is 142 Å². The van der Waals surface area contributed by atoms with Crippen LogP contribution in [0.3, 0.4) is 0 Å². The molecule has 2 aromatic carbocycles. The first-order valence-electron chi connectivity index (χ1n) is 7.77. The van der Waals surface area contributed by atoms with Gasteiger partial charge in [0.2, 0.25) is 0 Å². The van der Waals surface area contributed by atoms with E-state index in [0.29, 0.717) is 5.56 Å². The van der Waals surface area contributed by atoms with Crippen molar-refractivity contribution in [3.63, 3.8) is 0 Å². The molecule has 0 aromatic heterocycles. The number of nitrogens with one attached hydrogen (secondary N) is 1. The number of aryl methyl sites for hydroxylation is 3. The van der Waals surface area contributed by atoms with Crippen molar-refractivity contribution in [3.05, 3.63) is 58.4 Å². The third-order valence-corrected chi connectivity index (χ3v) is 4.19. The second-order valence-corrected chi connectivity index (χ2v) is 6.42. The normalized spacial score (nSPS) is 12.0. The lowest BCUT2D eigenvalue weighted by molar-refractivity contribution is 0.618. The zero-order chi connectivity index (χ0) is 17.1. The Morgan fingerprint density at radius 3 is 2.43 bits per heavy atom. The van der Waals surface area contributed by atoms with Gasteiger partial charge in [0, 0.05) is 0 Å². The van der Waals surface area contributed by atoms with Crippen LogP contribution in [0.15, 0.2) is 30.3 Å². The van der Waals surface area contributed by atoms with E-state index in [1.54, 1.807) is 6.92 Å². The fraction of sp³-hybridized carbons (Fsp3) is 0.316. The monoisotopic (exact) mass is 330 g/mol. The van der Waals surface area contributed by atoms with Crippen molar-refractivity contribution in [2.45, 2.75) is 40.2 Å². The van der Waals surface area contributed by atoms with E-state index < -0.39 is 0 Å². The highest BCUT2D eigenvalue weighted by Crippen LogP contribution is 2.34. The van der Waals surface area contributed by atoms with Gasteiger partial charge in [-0.05, 0) is 79.4 Å². The Hall–Kier alpha value is -1.94. The molecular formula is C19H23FN2S. The molecule has 0 bridgehead atoms. The molecule has 2 aromatic rings. The number of hydrogen-bond donors (Lipinski definition) is 2. The topological polar surface area (TPSA) is 38.0 Å². The molecule has 0 spiro atoms. The lowest BCUT2D eigenvalue weighted by Gasteiger charge is -2.24. The molecule has 0 aliphatic heterocycles. The third-order valence-electron chi connectivity index (χ3n) is 4.07. The van der Waals surface area contributed by atoms with Crippen molar-refractivity contribution in [2.75, 3.05) is 0 Å². The van der Waals surface area contributed by atoms with Crippen LogP contribution in [0.25, 0.3) is 11.1 Å². The van der Waals surface area contributed by atoms with Gasteiger partial charge in [-0.2, -0.15) is 0 Å². The molecule has 23 heavy (non-hydrogen) atoms. The summed E-state index contributed by atoms with van der Waals surface area (Å²) in [5, 5.41) is 3.47.